The Bertz CT molecular complexity index is 667. The minimum atomic E-state index is 0.0288. The van der Waals surface area contributed by atoms with Crippen molar-refractivity contribution in [1.29, 1.82) is 0 Å². The molecule has 0 bridgehead atoms. The van der Waals surface area contributed by atoms with Gasteiger partial charge in [-0.3, -0.25) is 9.78 Å². The summed E-state index contributed by atoms with van der Waals surface area (Å²) >= 11 is 7.64. The van der Waals surface area contributed by atoms with E-state index in [4.69, 9.17) is 11.6 Å². The zero-order valence-electron chi connectivity index (χ0n) is 12.3. The van der Waals surface area contributed by atoms with Gasteiger partial charge in [-0.05, 0) is 25.8 Å². The van der Waals surface area contributed by atoms with Gasteiger partial charge < -0.3 is 10.2 Å². The van der Waals surface area contributed by atoms with Crippen LogP contribution in [0, 0.1) is 12.8 Å². The number of thiazole rings is 1. The summed E-state index contributed by atoms with van der Waals surface area (Å²) in [4.78, 5) is 22.8. The van der Waals surface area contributed by atoms with Crippen molar-refractivity contribution in [2.75, 3.05) is 23.3 Å². The first-order valence-corrected chi connectivity index (χ1v) is 8.46. The lowest BCUT2D eigenvalue weighted by molar-refractivity contribution is -0.120. The second-order valence-corrected chi connectivity index (χ2v) is 6.64. The number of aromatic nitrogens is 2. The van der Waals surface area contributed by atoms with Crippen molar-refractivity contribution in [3.05, 3.63) is 34.6 Å². The molecule has 1 N–H and O–H groups in total. The number of halogens is 1. The summed E-state index contributed by atoms with van der Waals surface area (Å²) in [5.74, 6) is 0.0934. The van der Waals surface area contributed by atoms with Crippen molar-refractivity contribution >= 4 is 39.7 Å². The number of nitrogens with one attached hydrogen (secondary N) is 1. The van der Waals surface area contributed by atoms with Crippen LogP contribution in [-0.2, 0) is 4.79 Å². The molecular formula is C15H17ClN4OS. The monoisotopic (exact) mass is 336 g/mol. The molecular weight excluding hydrogens is 320 g/mol. The number of nitrogens with zero attached hydrogens (tertiary/aromatic N) is 3. The van der Waals surface area contributed by atoms with Gasteiger partial charge in [0.2, 0.25) is 5.91 Å². The van der Waals surface area contributed by atoms with Gasteiger partial charge in [0.1, 0.15) is 0 Å². The van der Waals surface area contributed by atoms with E-state index in [0.29, 0.717) is 10.2 Å². The summed E-state index contributed by atoms with van der Waals surface area (Å²) in [6.07, 6.45) is 5.02. The van der Waals surface area contributed by atoms with E-state index in [0.717, 1.165) is 37.3 Å². The third-order valence-electron chi connectivity index (χ3n) is 3.81. The number of hydrogen-bond donors (Lipinski definition) is 1. The molecule has 5 nitrogen and oxygen atoms in total. The van der Waals surface area contributed by atoms with Crippen LogP contribution in [0.1, 0.15) is 18.5 Å². The standard InChI is InChI=1S/C15H17ClN4OS/c1-10-9-22-15(18-10)19-14(21)11-3-6-20(7-4-11)13-2-5-17-8-12(13)16/h2,5,8-9,11H,3-4,6-7H2,1H3,(H,18,19,21). The minimum Gasteiger partial charge on any atom is -0.370 e. The Morgan fingerprint density at radius 1 is 1.45 bits per heavy atom. The van der Waals surface area contributed by atoms with Gasteiger partial charge in [-0.15, -0.1) is 11.3 Å². The molecule has 0 spiro atoms. The number of rotatable bonds is 3. The topological polar surface area (TPSA) is 58.1 Å². The fourth-order valence-corrected chi connectivity index (χ4v) is 3.56. The molecule has 1 aliphatic heterocycles. The quantitative estimate of drug-likeness (QED) is 0.933. The summed E-state index contributed by atoms with van der Waals surface area (Å²) in [5.41, 5.74) is 1.92. The molecule has 1 saturated heterocycles. The summed E-state index contributed by atoms with van der Waals surface area (Å²) in [6.45, 7) is 3.56. The number of carbonyl (C=O) groups is 1. The second-order valence-electron chi connectivity index (χ2n) is 5.37. The predicted molar refractivity (Wildman–Crippen MR) is 89.7 cm³/mol. The van der Waals surface area contributed by atoms with Crippen LogP contribution in [0.15, 0.2) is 23.8 Å². The second kappa shape index (κ2) is 6.62. The van der Waals surface area contributed by atoms with Crippen molar-refractivity contribution in [3.8, 4) is 0 Å². The lowest BCUT2D eigenvalue weighted by Crippen LogP contribution is -2.38. The summed E-state index contributed by atoms with van der Waals surface area (Å²) in [5, 5.41) is 6.19. The Labute approximate surface area is 138 Å². The number of pyridine rings is 1. The fourth-order valence-electron chi connectivity index (χ4n) is 2.63. The normalized spacial score (nSPS) is 15.8. The molecule has 0 aromatic carbocycles. The van der Waals surface area contributed by atoms with E-state index >= 15 is 0 Å². The zero-order valence-corrected chi connectivity index (χ0v) is 13.8. The molecule has 0 unspecified atom stereocenters. The smallest absolute Gasteiger partial charge is 0.229 e. The highest BCUT2D eigenvalue weighted by Crippen LogP contribution is 2.29. The third-order valence-corrected chi connectivity index (χ3v) is 4.97. The maximum Gasteiger partial charge on any atom is 0.229 e. The van der Waals surface area contributed by atoms with E-state index in [1.54, 1.807) is 12.4 Å². The number of aryl methyl sites for hydroxylation is 1. The summed E-state index contributed by atoms with van der Waals surface area (Å²) in [6, 6.07) is 1.92. The SMILES string of the molecule is Cc1csc(NC(=O)C2CCN(c3ccncc3Cl)CC2)n1. The van der Waals surface area contributed by atoms with Crippen LogP contribution >= 0.6 is 22.9 Å². The first-order valence-electron chi connectivity index (χ1n) is 7.21. The number of amides is 1. The van der Waals surface area contributed by atoms with Gasteiger partial charge in [-0.25, -0.2) is 4.98 Å². The Hall–Kier alpha value is -1.66. The number of hydrogen-bond acceptors (Lipinski definition) is 5. The van der Waals surface area contributed by atoms with E-state index < -0.39 is 0 Å². The van der Waals surface area contributed by atoms with Crippen LogP contribution < -0.4 is 10.2 Å². The largest absolute Gasteiger partial charge is 0.370 e. The van der Waals surface area contributed by atoms with Crippen molar-refractivity contribution < 1.29 is 4.79 Å². The van der Waals surface area contributed by atoms with Crippen molar-refractivity contribution in [2.24, 2.45) is 5.92 Å². The zero-order chi connectivity index (χ0) is 15.5. The molecule has 2 aromatic rings. The van der Waals surface area contributed by atoms with Crippen LogP contribution in [0.4, 0.5) is 10.8 Å². The third kappa shape index (κ3) is 3.39. The molecule has 2 aromatic heterocycles. The van der Waals surface area contributed by atoms with Crippen LogP contribution in [0.3, 0.4) is 0 Å². The average Bonchev–Trinajstić information content (AvgIpc) is 2.93. The van der Waals surface area contributed by atoms with E-state index in [-0.39, 0.29) is 11.8 Å². The molecule has 116 valence electrons. The summed E-state index contributed by atoms with van der Waals surface area (Å²) in [7, 11) is 0. The molecule has 0 saturated carbocycles. The Morgan fingerprint density at radius 3 is 2.86 bits per heavy atom. The van der Waals surface area contributed by atoms with Crippen LogP contribution in [-0.4, -0.2) is 29.0 Å². The average molecular weight is 337 g/mol. The Morgan fingerprint density at radius 2 is 2.23 bits per heavy atom. The van der Waals surface area contributed by atoms with Crippen LogP contribution in [0.5, 0.6) is 0 Å². The molecule has 0 atom stereocenters. The molecule has 1 aliphatic rings. The molecule has 7 heteroatoms. The van der Waals surface area contributed by atoms with E-state index in [1.807, 2.05) is 18.4 Å². The van der Waals surface area contributed by atoms with Gasteiger partial charge in [0.25, 0.3) is 0 Å². The minimum absolute atomic E-state index is 0.0288. The first kappa shape index (κ1) is 15.2. The van der Waals surface area contributed by atoms with Gasteiger partial charge in [-0.1, -0.05) is 11.6 Å². The molecule has 0 aliphatic carbocycles. The number of piperidine rings is 1. The Kier molecular flexibility index (Phi) is 4.59. The van der Waals surface area contributed by atoms with E-state index in [2.05, 4.69) is 20.2 Å². The molecule has 1 amide bonds. The van der Waals surface area contributed by atoms with Gasteiger partial charge >= 0.3 is 0 Å². The number of carbonyl (C=O) groups excluding carboxylic acids is 1. The predicted octanol–water partition coefficient (Wildman–Crippen LogP) is 3.36. The van der Waals surface area contributed by atoms with Crippen molar-refractivity contribution in [2.45, 2.75) is 19.8 Å². The van der Waals surface area contributed by atoms with E-state index in [9.17, 15) is 4.79 Å². The maximum atomic E-state index is 12.3. The van der Waals surface area contributed by atoms with Crippen LogP contribution in [0.25, 0.3) is 0 Å². The van der Waals surface area contributed by atoms with E-state index in [1.165, 1.54) is 11.3 Å². The Balaban J connectivity index is 1.57. The van der Waals surface area contributed by atoms with Crippen LogP contribution in [0.2, 0.25) is 5.02 Å². The first-order chi connectivity index (χ1) is 10.6. The van der Waals surface area contributed by atoms with Crippen molar-refractivity contribution in [1.82, 2.24) is 9.97 Å². The lowest BCUT2D eigenvalue weighted by Gasteiger charge is -2.33. The van der Waals surface area contributed by atoms with Gasteiger partial charge in [-0.2, -0.15) is 0 Å². The molecule has 0 radical (unpaired) electrons. The van der Waals surface area contributed by atoms with Gasteiger partial charge in [0, 0.05) is 36.8 Å². The molecule has 22 heavy (non-hydrogen) atoms. The van der Waals surface area contributed by atoms with Gasteiger partial charge in [0.05, 0.1) is 16.4 Å². The fraction of sp³-hybridized carbons (Fsp3) is 0.400. The summed E-state index contributed by atoms with van der Waals surface area (Å²) < 4.78 is 0. The molecule has 1 fully saturated rings. The highest BCUT2D eigenvalue weighted by molar-refractivity contribution is 7.13. The van der Waals surface area contributed by atoms with Crippen molar-refractivity contribution in [3.63, 3.8) is 0 Å². The lowest BCUT2D eigenvalue weighted by atomic mass is 9.95. The highest BCUT2D eigenvalue weighted by atomic mass is 35.5. The molecule has 3 heterocycles. The number of anilines is 2. The highest BCUT2D eigenvalue weighted by Gasteiger charge is 2.26. The maximum absolute atomic E-state index is 12.3. The van der Waals surface area contributed by atoms with Gasteiger partial charge in [0.15, 0.2) is 5.13 Å². The molecule has 3 rings (SSSR count).